The van der Waals surface area contributed by atoms with Gasteiger partial charge < -0.3 is 5.11 Å². The van der Waals surface area contributed by atoms with Gasteiger partial charge in [-0.15, -0.1) is 0 Å². The van der Waals surface area contributed by atoms with Crippen LogP contribution in [0.2, 0.25) is 5.02 Å². The Morgan fingerprint density at radius 3 is 2.75 bits per heavy atom. The summed E-state index contributed by atoms with van der Waals surface area (Å²) in [6, 6.07) is 8.82. The Kier molecular flexibility index (Phi) is 4.31. The van der Waals surface area contributed by atoms with Crippen LogP contribution in [0.25, 0.3) is 0 Å². The predicted molar refractivity (Wildman–Crippen MR) is 64.1 cm³/mol. The normalized spacial score (nSPS) is 13.2. The van der Waals surface area contributed by atoms with Crippen molar-refractivity contribution in [3.05, 3.63) is 34.9 Å². The lowest BCUT2D eigenvalue weighted by Gasteiger charge is -2.27. The SMILES string of the molecule is CC(C)(CO)NC(C#N)c1cccc(Cl)c1. The molecule has 86 valence electrons. The molecule has 0 radical (unpaired) electrons. The maximum Gasteiger partial charge on any atom is 0.121 e. The molecular weight excluding hydrogens is 224 g/mol. The minimum Gasteiger partial charge on any atom is -0.394 e. The Morgan fingerprint density at radius 2 is 2.25 bits per heavy atom. The summed E-state index contributed by atoms with van der Waals surface area (Å²) in [6.45, 7) is 3.63. The highest BCUT2D eigenvalue weighted by molar-refractivity contribution is 6.30. The summed E-state index contributed by atoms with van der Waals surface area (Å²) in [5, 5.41) is 21.9. The van der Waals surface area contributed by atoms with Crippen LogP contribution in [0.15, 0.2) is 24.3 Å². The fraction of sp³-hybridized carbons (Fsp3) is 0.417. The number of nitriles is 1. The number of nitrogens with one attached hydrogen (secondary N) is 1. The lowest BCUT2D eigenvalue weighted by molar-refractivity contribution is 0.182. The zero-order valence-electron chi connectivity index (χ0n) is 9.37. The van der Waals surface area contributed by atoms with Gasteiger partial charge in [0, 0.05) is 10.6 Å². The third kappa shape index (κ3) is 3.49. The first-order chi connectivity index (χ1) is 7.48. The molecule has 4 heteroatoms. The van der Waals surface area contributed by atoms with E-state index in [2.05, 4.69) is 11.4 Å². The van der Waals surface area contributed by atoms with Crippen molar-refractivity contribution in [3.8, 4) is 6.07 Å². The van der Waals surface area contributed by atoms with Gasteiger partial charge in [0.25, 0.3) is 0 Å². The van der Waals surface area contributed by atoms with Gasteiger partial charge >= 0.3 is 0 Å². The van der Waals surface area contributed by atoms with Crippen molar-refractivity contribution in [2.45, 2.75) is 25.4 Å². The van der Waals surface area contributed by atoms with Gasteiger partial charge in [0.05, 0.1) is 12.7 Å². The smallest absolute Gasteiger partial charge is 0.121 e. The minimum absolute atomic E-state index is 0.0360. The average Bonchev–Trinajstić information content (AvgIpc) is 2.26. The Hall–Kier alpha value is -1.08. The van der Waals surface area contributed by atoms with Crippen LogP contribution < -0.4 is 5.32 Å². The van der Waals surface area contributed by atoms with Crippen LogP contribution >= 0.6 is 11.6 Å². The van der Waals surface area contributed by atoms with E-state index in [-0.39, 0.29) is 6.61 Å². The highest BCUT2D eigenvalue weighted by Crippen LogP contribution is 2.19. The molecule has 1 unspecified atom stereocenters. The molecule has 0 spiro atoms. The number of hydrogen-bond acceptors (Lipinski definition) is 3. The second kappa shape index (κ2) is 5.31. The predicted octanol–water partition coefficient (Wildman–Crippen LogP) is 2.27. The maximum atomic E-state index is 9.14. The summed E-state index contributed by atoms with van der Waals surface area (Å²) in [5.74, 6) is 0. The molecule has 0 heterocycles. The molecule has 0 fully saturated rings. The topological polar surface area (TPSA) is 56.0 Å². The number of nitrogens with zero attached hydrogens (tertiary/aromatic N) is 1. The minimum atomic E-state index is -0.497. The molecule has 0 aliphatic rings. The second-order valence-electron chi connectivity index (χ2n) is 4.30. The molecule has 0 aromatic heterocycles. The molecule has 16 heavy (non-hydrogen) atoms. The van der Waals surface area contributed by atoms with E-state index in [9.17, 15) is 0 Å². The monoisotopic (exact) mass is 238 g/mol. The molecule has 0 aliphatic carbocycles. The van der Waals surface area contributed by atoms with Gasteiger partial charge in [-0.2, -0.15) is 5.26 Å². The van der Waals surface area contributed by atoms with Gasteiger partial charge in [0.15, 0.2) is 0 Å². The van der Waals surface area contributed by atoms with Crippen molar-refractivity contribution in [1.29, 1.82) is 5.26 Å². The summed E-state index contributed by atoms with van der Waals surface area (Å²) >= 11 is 5.86. The van der Waals surface area contributed by atoms with E-state index in [1.54, 1.807) is 18.2 Å². The van der Waals surface area contributed by atoms with Crippen LogP contribution in [-0.2, 0) is 0 Å². The Balaban J connectivity index is 2.88. The Morgan fingerprint density at radius 1 is 1.56 bits per heavy atom. The number of benzene rings is 1. The van der Waals surface area contributed by atoms with Crippen molar-refractivity contribution < 1.29 is 5.11 Å². The third-order valence-electron chi connectivity index (χ3n) is 2.24. The van der Waals surface area contributed by atoms with Crippen molar-refractivity contribution in [3.63, 3.8) is 0 Å². The quantitative estimate of drug-likeness (QED) is 0.846. The van der Waals surface area contributed by atoms with E-state index in [4.69, 9.17) is 22.0 Å². The Bertz CT molecular complexity index is 398. The lowest BCUT2D eigenvalue weighted by atomic mass is 10.0. The van der Waals surface area contributed by atoms with Gasteiger partial charge in [-0.1, -0.05) is 23.7 Å². The van der Waals surface area contributed by atoms with Crippen LogP contribution in [0.4, 0.5) is 0 Å². The van der Waals surface area contributed by atoms with E-state index in [1.165, 1.54) is 0 Å². The molecule has 3 nitrogen and oxygen atoms in total. The van der Waals surface area contributed by atoms with Gasteiger partial charge in [-0.3, -0.25) is 5.32 Å². The van der Waals surface area contributed by atoms with Crippen LogP contribution in [0.5, 0.6) is 0 Å². The molecule has 0 saturated carbocycles. The van der Waals surface area contributed by atoms with Crippen molar-refractivity contribution in [1.82, 2.24) is 5.32 Å². The van der Waals surface area contributed by atoms with Crippen LogP contribution in [-0.4, -0.2) is 17.3 Å². The van der Waals surface area contributed by atoms with E-state index >= 15 is 0 Å². The van der Waals surface area contributed by atoms with Gasteiger partial charge in [-0.25, -0.2) is 0 Å². The molecular formula is C12H15ClN2O. The first kappa shape index (κ1) is 13.0. The summed E-state index contributed by atoms with van der Waals surface area (Å²) in [4.78, 5) is 0. The molecule has 1 atom stereocenters. The van der Waals surface area contributed by atoms with Gasteiger partial charge in [0.1, 0.15) is 6.04 Å². The summed E-state index contributed by atoms with van der Waals surface area (Å²) in [6.07, 6.45) is 0. The fourth-order valence-electron chi connectivity index (χ4n) is 1.31. The largest absolute Gasteiger partial charge is 0.394 e. The molecule has 0 bridgehead atoms. The molecule has 0 aliphatic heterocycles. The van der Waals surface area contributed by atoms with Crippen LogP contribution in [0, 0.1) is 11.3 Å². The third-order valence-corrected chi connectivity index (χ3v) is 2.48. The van der Waals surface area contributed by atoms with Gasteiger partial charge in [-0.05, 0) is 31.5 Å². The highest BCUT2D eigenvalue weighted by atomic mass is 35.5. The zero-order valence-corrected chi connectivity index (χ0v) is 10.1. The lowest BCUT2D eigenvalue weighted by Crippen LogP contribution is -2.44. The molecule has 1 rings (SSSR count). The van der Waals surface area contributed by atoms with E-state index in [1.807, 2.05) is 19.9 Å². The van der Waals surface area contributed by atoms with Crippen LogP contribution in [0.1, 0.15) is 25.5 Å². The standard InChI is InChI=1S/C12H15ClN2O/c1-12(2,8-16)15-11(7-14)9-4-3-5-10(13)6-9/h3-6,11,15-16H,8H2,1-2H3. The number of hydrogen-bond donors (Lipinski definition) is 2. The highest BCUT2D eigenvalue weighted by Gasteiger charge is 2.22. The molecule has 2 N–H and O–H groups in total. The van der Waals surface area contributed by atoms with E-state index < -0.39 is 11.6 Å². The van der Waals surface area contributed by atoms with E-state index in [0.29, 0.717) is 5.02 Å². The van der Waals surface area contributed by atoms with Crippen molar-refractivity contribution >= 4 is 11.6 Å². The molecule has 0 amide bonds. The zero-order chi connectivity index (χ0) is 12.2. The number of aliphatic hydroxyl groups excluding tert-OH is 1. The van der Waals surface area contributed by atoms with Gasteiger partial charge in [0.2, 0.25) is 0 Å². The number of halogens is 1. The van der Waals surface area contributed by atoms with Crippen molar-refractivity contribution in [2.75, 3.05) is 6.61 Å². The summed E-state index contributed by atoms with van der Waals surface area (Å²) in [7, 11) is 0. The number of aliphatic hydroxyl groups is 1. The molecule has 1 aromatic rings. The first-order valence-corrected chi connectivity index (χ1v) is 5.40. The van der Waals surface area contributed by atoms with Crippen molar-refractivity contribution in [2.24, 2.45) is 0 Å². The van der Waals surface area contributed by atoms with E-state index in [0.717, 1.165) is 5.56 Å². The first-order valence-electron chi connectivity index (χ1n) is 5.02. The summed E-state index contributed by atoms with van der Waals surface area (Å²) < 4.78 is 0. The Labute approximate surface area is 101 Å². The second-order valence-corrected chi connectivity index (χ2v) is 4.74. The van der Waals surface area contributed by atoms with Crippen LogP contribution in [0.3, 0.4) is 0 Å². The fourth-order valence-corrected chi connectivity index (χ4v) is 1.51. The maximum absolute atomic E-state index is 9.14. The average molecular weight is 239 g/mol. The number of rotatable bonds is 4. The summed E-state index contributed by atoms with van der Waals surface area (Å²) in [5.41, 5.74) is 0.305. The molecule has 1 aromatic carbocycles. The molecule has 0 saturated heterocycles.